The van der Waals surface area contributed by atoms with Crippen LogP contribution in [0.15, 0.2) is 16.8 Å². The van der Waals surface area contributed by atoms with Gasteiger partial charge in [-0.15, -0.1) is 0 Å². The van der Waals surface area contributed by atoms with Crippen molar-refractivity contribution in [2.75, 3.05) is 32.8 Å². The van der Waals surface area contributed by atoms with Gasteiger partial charge in [0.15, 0.2) is 0 Å². The van der Waals surface area contributed by atoms with Crippen molar-refractivity contribution in [3.05, 3.63) is 22.4 Å². The van der Waals surface area contributed by atoms with Crippen LogP contribution in [0.5, 0.6) is 0 Å². The predicted molar refractivity (Wildman–Crippen MR) is 86.7 cm³/mol. The molecule has 1 saturated carbocycles. The minimum Gasteiger partial charge on any atom is -0.375 e. The molecule has 0 aromatic carbocycles. The summed E-state index contributed by atoms with van der Waals surface area (Å²) >= 11 is 1.76. The summed E-state index contributed by atoms with van der Waals surface area (Å²) in [6.45, 7) is 5.55. The van der Waals surface area contributed by atoms with Crippen LogP contribution in [-0.2, 0) is 16.1 Å². The van der Waals surface area contributed by atoms with Gasteiger partial charge >= 0.3 is 0 Å². The van der Waals surface area contributed by atoms with Gasteiger partial charge in [-0.1, -0.05) is 6.42 Å². The molecule has 4 nitrogen and oxygen atoms in total. The second-order valence-corrected chi connectivity index (χ2v) is 7.69. The van der Waals surface area contributed by atoms with Crippen LogP contribution in [0.1, 0.15) is 24.8 Å². The first-order valence-corrected chi connectivity index (χ1v) is 9.37. The van der Waals surface area contributed by atoms with Crippen molar-refractivity contribution < 1.29 is 9.53 Å². The Balaban J connectivity index is 1.37. The normalized spacial score (nSPS) is 29.9. The van der Waals surface area contributed by atoms with Gasteiger partial charge in [0.1, 0.15) is 0 Å². The highest BCUT2D eigenvalue weighted by Crippen LogP contribution is 2.32. The van der Waals surface area contributed by atoms with E-state index >= 15 is 0 Å². The number of thiophene rings is 1. The van der Waals surface area contributed by atoms with E-state index in [4.69, 9.17) is 4.74 Å². The number of ether oxygens (including phenoxy) is 1. The zero-order valence-electron chi connectivity index (χ0n) is 12.9. The van der Waals surface area contributed by atoms with E-state index in [1.165, 1.54) is 12.0 Å². The third-order valence-corrected chi connectivity index (χ3v) is 6.10. The fraction of sp³-hybridized carbons (Fsp3) is 0.706. The van der Waals surface area contributed by atoms with Gasteiger partial charge in [0.2, 0.25) is 5.91 Å². The molecule has 1 aromatic rings. The topological polar surface area (TPSA) is 32.8 Å². The van der Waals surface area contributed by atoms with E-state index in [0.717, 1.165) is 52.2 Å². The molecule has 3 aliphatic rings. The molecule has 0 unspecified atom stereocenters. The fourth-order valence-corrected chi connectivity index (χ4v) is 4.50. The summed E-state index contributed by atoms with van der Waals surface area (Å²) in [7, 11) is 0. The van der Waals surface area contributed by atoms with Crippen molar-refractivity contribution in [1.82, 2.24) is 9.80 Å². The van der Waals surface area contributed by atoms with Gasteiger partial charge in [-0.2, -0.15) is 11.3 Å². The van der Waals surface area contributed by atoms with Gasteiger partial charge in [0.25, 0.3) is 0 Å². The molecule has 2 saturated heterocycles. The quantitative estimate of drug-likeness (QED) is 0.856. The van der Waals surface area contributed by atoms with Gasteiger partial charge in [0.05, 0.1) is 12.7 Å². The van der Waals surface area contributed by atoms with Crippen LogP contribution in [0.2, 0.25) is 0 Å². The molecule has 0 N–H and O–H groups in total. The monoisotopic (exact) mass is 320 g/mol. The number of hydrogen-bond acceptors (Lipinski definition) is 4. The highest BCUT2D eigenvalue weighted by atomic mass is 32.1. The molecular formula is C17H24N2O2S. The van der Waals surface area contributed by atoms with E-state index in [1.807, 2.05) is 0 Å². The number of rotatable bonds is 3. The Bertz CT molecular complexity index is 515. The maximum atomic E-state index is 12.5. The molecule has 1 aliphatic carbocycles. The third-order valence-electron chi connectivity index (χ3n) is 5.37. The Morgan fingerprint density at radius 3 is 2.95 bits per heavy atom. The average Bonchev–Trinajstić information content (AvgIpc) is 3.04. The molecule has 2 atom stereocenters. The molecule has 0 radical (unpaired) electrons. The van der Waals surface area contributed by atoms with E-state index in [9.17, 15) is 4.79 Å². The lowest BCUT2D eigenvalue weighted by Crippen LogP contribution is -2.39. The van der Waals surface area contributed by atoms with Crippen LogP contribution in [0.4, 0.5) is 0 Å². The van der Waals surface area contributed by atoms with E-state index < -0.39 is 0 Å². The van der Waals surface area contributed by atoms with Crippen LogP contribution in [-0.4, -0.2) is 54.6 Å². The van der Waals surface area contributed by atoms with Crippen molar-refractivity contribution in [3.63, 3.8) is 0 Å². The molecule has 3 fully saturated rings. The van der Waals surface area contributed by atoms with Crippen LogP contribution in [0, 0.1) is 11.8 Å². The summed E-state index contributed by atoms with van der Waals surface area (Å²) in [5.74, 6) is 1.17. The number of carbonyl (C=O) groups is 1. The second-order valence-electron chi connectivity index (χ2n) is 6.91. The van der Waals surface area contributed by atoms with Gasteiger partial charge < -0.3 is 9.64 Å². The van der Waals surface area contributed by atoms with E-state index in [0.29, 0.717) is 17.7 Å². The van der Waals surface area contributed by atoms with Crippen LogP contribution in [0.3, 0.4) is 0 Å². The molecule has 120 valence electrons. The van der Waals surface area contributed by atoms with Crippen molar-refractivity contribution in [2.24, 2.45) is 11.8 Å². The van der Waals surface area contributed by atoms with E-state index in [-0.39, 0.29) is 6.10 Å². The summed E-state index contributed by atoms with van der Waals surface area (Å²) in [6, 6.07) is 2.20. The standard InChI is InChI=1S/C17H24N2O2S/c20-17(14-2-1-3-14)19-10-15-9-18(5-6-21-16(15)11-19)8-13-4-7-22-12-13/h4,7,12,14-16H,1-3,5-6,8-11H2/t15-,16+/m1/s1. The van der Waals surface area contributed by atoms with Gasteiger partial charge in [-0.05, 0) is 35.2 Å². The van der Waals surface area contributed by atoms with E-state index in [1.54, 1.807) is 11.3 Å². The molecule has 3 heterocycles. The molecule has 1 amide bonds. The summed E-state index contributed by atoms with van der Waals surface area (Å²) in [5.41, 5.74) is 1.39. The first-order valence-electron chi connectivity index (χ1n) is 8.43. The van der Waals surface area contributed by atoms with E-state index in [2.05, 4.69) is 26.6 Å². The molecule has 22 heavy (non-hydrogen) atoms. The smallest absolute Gasteiger partial charge is 0.225 e. The lowest BCUT2D eigenvalue weighted by molar-refractivity contribution is -0.137. The SMILES string of the molecule is O=C(C1CCC1)N1C[C@H]2CN(Cc3ccsc3)CCO[C@H]2C1. The number of hydrogen-bond donors (Lipinski definition) is 0. The maximum absolute atomic E-state index is 12.5. The number of nitrogens with zero attached hydrogens (tertiary/aromatic N) is 2. The Hall–Kier alpha value is -0.910. The summed E-state index contributed by atoms with van der Waals surface area (Å²) < 4.78 is 6.06. The molecule has 2 aliphatic heterocycles. The second kappa shape index (κ2) is 6.30. The number of carbonyl (C=O) groups excluding carboxylic acids is 1. The fourth-order valence-electron chi connectivity index (χ4n) is 3.84. The zero-order valence-corrected chi connectivity index (χ0v) is 13.8. The van der Waals surface area contributed by atoms with Gasteiger partial charge in [-0.3, -0.25) is 9.69 Å². The minimum atomic E-state index is 0.247. The molecule has 4 rings (SSSR count). The zero-order chi connectivity index (χ0) is 14.9. The highest BCUT2D eigenvalue weighted by molar-refractivity contribution is 7.07. The summed E-state index contributed by atoms with van der Waals surface area (Å²) in [6.07, 6.45) is 3.66. The molecule has 0 bridgehead atoms. The van der Waals surface area contributed by atoms with Gasteiger partial charge in [0, 0.05) is 44.6 Å². The van der Waals surface area contributed by atoms with Crippen LogP contribution in [0.25, 0.3) is 0 Å². The Kier molecular flexibility index (Phi) is 4.20. The summed E-state index contributed by atoms with van der Waals surface area (Å²) in [4.78, 5) is 17.0. The Morgan fingerprint density at radius 1 is 1.32 bits per heavy atom. The number of fused-ring (bicyclic) bond motifs is 1. The van der Waals surface area contributed by atoms with Crippen LogP contribution < -0.4 is 0 Å². The predicted octanol–water partition coefficient (Wildman–Crippen LogP) is 2.21. The maximum Gasteiger partial charge on any atom is 0.225 e. The molecule has 0 spiro atoms. The van der Waals surface area contributed by atoms with Gasteiger partial charge in [-0.25, -0.2) is 0 Å². The van der Waals surface area contributed by atoms with Crippen molar-refractivity contribution in [1.29, 1.82) is 0 Å². The first kappa shape index (κ1) is 14.7. The largest absolute Gasteiger partial charge is 0.375 e. The lowest BCUT2D eigenvalue weighted by atomic mass is 9.84. The highest BCUT2D eigenvalue weighted by Gasteiger charge is 2.41. The number of likely N-dealkylation sites (tertiary alicyclic amines) is 1. The molecule has 5 heteroatoms. The van der Waals surface area contributed by atoms with Crippen molar-refractivity contribution in [2.45, 2.75) is 31.9 Å². The minimum absolute atomic E-state index is 0.247. The third kappa shape index (κ3) is 2.94. The summed E-state index contributed by atoms with van der Waals surface area (Å²) in [5, 5.41) is 4.37. The van der Waals surface area contributed by atoms with Crippen molar-refractivity contribution >= 4 is 17.2 Å². The first-order chi connectivity index (χ1) is 10.8. The lowest BCUT2D eigenvalue weighted by Gasteiger charge is -2.29. The number of amides is 1. The Morgan fingerprint density at radius 2 is 2.23 bits per heavy atom. The molecular weight excluding hydrogens is 296 g/mol. The Labute approximate surface area is 136 Å². The van der Waals surface area contributed by atoms with Crippen LogP contribution >= 0.6 is 11.3 Å². The average molecular weight is 320 g/mol. The molecule has 1 aromatic heterocycles. The van der Waals surface area contributed by atoms with Crippen molar-refractivity contribution in [3.8, 4) is 0 Å².